The van der Waals surface area contributed by atoms with Gasteiger partial charge in [0, 0.05) is 0 Å². The summed E-state index contributed by atoms with van der Waals surface area (Å²) in [7, 11) is 0. The lowest BCUT2D eigenvalue weighted by atomic mass is 9.46. The van der Waals surface area contributed by atoms with Gasteiger partial charge in [-0.05, 0) is 61.7 Å². The summed E-state index contributed by atoms with van der Waals surface area (Å²) in [6.45, 7) is 16.8. The molecular weight excluding hydrogens is 272 g/mol. The van der Waals surface area contributed by atoms with Crippen molar-refractivity contribution in [2.24, 2.45) is 22.7 Å². The molecule has 2 fully saturated rings. The average Bonchev–Trinajstić information content (AvgIpc) is 2.36. The van der Waals surface area contributed by atoms with E-state index in [1.54, 1.807) is 6.08 Å². The number of aliphatic hydroxyl groups is 2. The van der Waals surface area contributed by atoms with Crippen LogP contribution in [-0.4, -0.2) is 21.9 Å². The molecule has 0 amide bonds. The zero-order chi connectivity index (χ0) is 16.8. The van der Waals surface area contributed by atoms with E-state index in [0.717, 1.165) is 12.8 Å². The predicted octanol–water partition coefficient (Wildman–Crippen LogP) is 4.47. The number of rotatable bonds is 4. The number of hydrogen-bond acceptors (Lipinski definition) is 2. The third-order valence-electron chi connectivity index (χ3n) is 6.61. The molecule has 2 saturated carbocycles. The lowest BCUT2D eigenvalue weighted by molar-refractivity contribution is -0.123. The summed E-state index contributed by atoms with van der Waals surface area (Å²) in [6, 6.07) is 0. The Hall–Kier alpha value is -0.600. The Kier molecular flexibility index (Phi) is 4.68. The maximum Gasteiger partial charge on any atom is 0.0797 e. The Bertz CT molecular complexity index is 449. The maximum absolute atomic E-state index is 10.7. The van der Waals surface area contributed by atoms with E-state index in [2.05, 4.69) is 33.9 Å². The molecule has 2 heteroatoms. The van der Waals surface area contributed by atoms with Gasteiger partial charge >= 0.3 is 0 Å². The van der Waals surface area contributed by atoms with Gasteiger partial charge in [0.2, 0.25) is 0 Å². The lowest BCUT2D eigenvalue weighted by Gasteiger charge is -2.59. The van der Waals surface area contributed by atoms with Crippen molar-refractivity contribution in [3.05, 3.63) is 24.8 Å². The maximum atomic E-state index is 10.7. The zero-order valence-corrected chi connectivity index (χ0v) is 14.9. The van der Waals surface area contributed by atoms with E-state index in [9.17, 15) is 10.2 Å². The van der Waals surface area contributed by atoms with Crippen molar-refractivity contribution in [3.63, 3.8) is 0 Å². The van der Waals surface area contributed by atoms with Crippen LogP contribution in [0.25, 0.3) is 0 Å². The molecule has 5 atom stereocenters. The van der Waals surface area contributed by atoms with E-state index in [1.165, 1.54) is 18.4 Å². The third kappa shape index (κ3) is 3.05. The van der Waals surface area contributed by atoms with Crippen LogP contribution in [0.3, 0.4) is 0 Å². The van der Waals surface area contributed by atoms with Gasteiger partial charge < -0.3 is 10.2 Å². The fourth-order valence-corrected chi connectivity index (χ4v) is 5.55. The fourth-order valence-electron chi connectivity index (χ4n) is 5.55. The van der Waals surface area contributed by atoms with Crippen LogP contribution in [-0.2, 0) is 0 Å². The first-order chi connectivity index (χ1) is 10.0. The standard InChI is InChI=1S/C20H34O2/c1-7-19(5,22)12-9-15-14(2)13-16(21)17-18(3,4)10-8-11-20(15,17)6/h7,15-17,21-22H,1-2,8-13H2,3-6H3/t15-,16+,17+,19+,20+/m1/s1. The Labute approximate surface area is 136 Å². The van der Waals surface area contributed by atoms with Gasteiger partial charge in [0.25, 0.3) is 0 Å². The second-order valence-electron chi connectivity index (χ2n) is 8.91. The van der Waals surface area contributed by atoms with Crippen LogP contribution in [0, 0.1) is 22.7 Å². The molecule has 126 valence electrons. The van der Waals surface area contributed by atoms with Gasteiger partial charge in [-0.15, -0.1) is 6.58 Å². The smallest absolute Gasteiger partial charge is 0.0797 e. The van der Waals surface area contributed by atoms with Crippen LogP contribution in [0.5, 0.6) is 0 Å². The first-order valence-corrected chi connectivity index (χ1v) is 8.75. The van der Waals surface area contributed by atoms with E-state index in [1.807, 2.05) is 6.92 Å². The quantitative estimate of drug-likeness (QED) is 0.752. The molecule has 0 aliphatic heterocycles. The third-order valence-corrected chi connectivity index (χ3v) is 6.61. The first-order valence-electron chi connectivity index (χ1n) is 8.75. The highest BCUT2D eigenvalue weighted by Crippen LogP contribution is 2.61. The number of aliphatic hydroxyl groups excluding tert-OH is 1. The van der Waals surface area contributed by atoms with E-state index >= 15 is 0 Å². The predicted molar refractivity (Wildman–Crippen MR) is 92.5 cm³/mol. The molecule has 0 aromatic carbocycles. The molecule has 0 bridgehead atoms. The highest BCUT2D eigenvalue weighted by Gasteiger charge is 2.56. The molecule has 0 radical (unpaired) electrons. The monoisotopic (exact) mass is 306 g/mol. The minimum Gasteiger partial charge on any atom is -0.392 e. The van der Waals surface area contributed by atoms with Crippen molar-refractivity contribution in [2.45, 2.75) is 77.9 Å². The molecule has 22 heavy (non-hydrogen) atoms. The number of fused-ring (bicyclic) bond motifs is 1. The SMILES string of the molecule is C=C[C@](C)(O)CC[C@@H]1C(=C)C[C@H](O)[C@H]2C(C)(C)CCC[C@@]12C. The van der Waals surface area contributed by atoms with Gasteiger partial charge in [0.05, 0.1) is 11.7 Å². The second kappa shape index (κ2) is 5.79. The average molecular weight is 306 g/mol. The molecule has 2 aliphatic rings. The van der Waals surface area contributed by atoms with Crippen LogP contribution in [0.1, 0.15) is 66.2 Å². The number of hydrogen-bond donors (Lipinski definition) is 2. The molecule has 2 rings (SSSR count). The van der Waals surface area contributed by atoms with Crippen molar-refractivity contribution in [2.75, 3.05) is 0 Å². The molecule has 0 saturated heterocycles. The van der Waals surface area contributed by atoms with Crippen LogP contribution in [0.2, 0.25) is 0 Å². The van der Waals surface area contributed by atoms with Gasteiger partial charge in [-0.3, -0.25) is 0 Å². The summed E-state index contributed by atoms with van der Waals surface area (Å²) in [5.74, 6) is 0.699. The summed E-state index contributed by atoms with van der Waals surface area (Å²) in [4.78, 5) is 0. The molecule has 0 heterocycles. The van der Waals surface area contributed by atoms with E-state index in [0.29, 0.717) is 24.7 Å². The summed E-state index contributed by atoms with van der Waals surface area (Å²) >= 11 is 0. The Morgan fingerprint density at radius 1 is 1.32 bits per heavy atom. The van der Waals surface area contributed by atoms with Gasteiger partial charge in [0.1, 0.15) is 0 Å². The summed E-state index contributed by atoms with van der Waals surface area (Å²) < 4.78 is 0. The topological polar surface area (TPSA) is 40.5 Å². The first kappa shape index (κ1) is 17.7. The van der Waals surface area contributed by atoms with E-state index in [4.69, 9.17) is 0 Å². The summed E-state index contributed by atoms with van der Waals surface area (Å²) in [6.07, 6.45) is 7.26. The zero-order valence-electron chi connectivity index (χ0n) is 14.9. The van der Waals surface area contributed by atoms with Crippen LogP contribution in [0.15, 0.2) is 24.8 Å². The highest BCUT2D eigenvalue weighted by molar-refractivity contribution is 5.18. The summed E-state index contributed by atoms with van der Waals surface area (Å²) in [5.41, 5.74) is 0.621. The molecule has 0 aromatic rings. The van der Waals surface area contributed by atoms with Gasteiger partial charge in [-0.1, -0.05) is 45.4 Å². The Morgan fingerprint density at radius 2 is 1.95 bits per heavy atom. The molecule has 0 unspecified atom stereocenters. The molecule has 2 aliphatic carbocycles. The fraction of sp³-hybridized carbons (Fsp3) is 0.800. The highest BCUT2D eigenvalue weighted by atomic mass is 16.3. The van der Waals surface area contributed by atoms with Crippen molar-refractivity contribution in [1.29, 1.82) is 0 Å². The van der Waals surface area contributed by atoms with Gasteiger partial charge in [-0.2, -0.15) is 0 Å². The van der Waals surface area contributed by atoms with Crippen molar-refractivity contribution >= 4 is 0 Å². The van der Waals surface area contributed by atoms with Crippen LogP contribution < -0.4 is 0 Å². The normalized spacial score (nSPS) is 40.6. The molecule has 0 aromatic heterocycles. The van der Waals surface area contributed by atoms with E-state index in [-0.39, 0.29) is 16.9 Å². The van der Waals surface area contributed by atoms with Gasteiger partial charge in [-0.25, -0.2) is 0 Å². The summed E-state index contributed by atoms with van der Waals surface area (Å²) in [5, 5.41) is 21.0. The largest absolute Gasteiger partial charge is 0.392 e. The molecule has 2 N–H and O–H groups in total. The minimum absolute atomic E-state index is 0.0910. The van der Waals surface area contributed by atoms with Crippen molar-refractivity contribution in [3.8, 4) is 0 Å². The lowest BCUT2D eigenvalue weighted by Crippen LogP contribution is -2.55. The van der Waals surface area contributed by atoms with Crippen molar-refractivity contribution in [1.82, 2.24) is 0 Å². The van der Waals surface area contributed by atoms with Gasteiger partial charge in [0.15, 0.2) is 0 Å². The Balaban J connectivity index is 2.28. The van der Waals surface area contributed by atoms with Crippen LogP contribution in [0.4, 0.5) is 0 Å². The van der Waals surface area contributed by atoms with E-state index < -0.39 is 5.60 Å². The Morgan fingerprint density at radius 3 is 2.55 bits per heavy atom. The second-order valence-corrected chi connectivity index (χ2v) is 8.91. The molecule has 0 spiro atoms. The molecular formula is C20H34O2. The minimum atomic E-state index is -0.813. The van der Waals surface area contributed by atoms with Crippen LogP contribution >= 0.6 is 0 Å². The van der Waals surface area contributed by atoms with Crippen molar-refractivity contribution < 1.29 is 10.2 Å². The molecule has 2 nitrogen and oxygen atoms in total.